The van der Waals surface area contributed by atoms with Crippen LogP contribution in [-0.4, -0.2) is 11.6 Å². The number of benzene rings is 1. The van der Waals surface area contributed by atoms with E-state index in [9.17, 15) is 4.39 Å². The Morgan fingerprint density at radius 3 is 2.90 bits per heavy atom. The van der Waals surface area contributed by atoms with Crippen molar-refractivity contribution in [2.75, 3.05) is 17.7 Å². The van der Waals surface area contributed by atoms with E-state index in [0.29, 0.717) is 29.7 Å². The fraction of sp³-hybridized carbons (Fsp3) is 0.200. The van der Waals surface area contributed by atoms with E-state index in [4.69, 9.17) is 15.7 Å². The molecule has 0 radical (unpaired) electrons. The molecule has 0 saturated carbocycles. The molecule has 0 spiro atoms. The molecule has 1 aromatic carbocycles. The molecule has 108 valence electrons. The van der Waals surface area contributed by atoms with Crippen molar-refractivity contribution in [3.8, 4) is 11.9 Å². The lowest BCUT2D eigenvalue weighted by molar-refractivity contribution is 0.307. The van der Waals surface area contributed by atoms with Gasteiger partial charge < -0.3 is 15.8 Å². The third kappa shape index (κ3) is 3.60. The Bertz CT molecular complexity index is 682. The van der Waals surface area contributed by atoms with Gasteiger partial charge in [-0.1, -0.05) is 6.92 Å². The van der Waals surface area contributed by atoms with E-state index >= 15 is 0 Å². The van der Waals surface area contributed by atoms with E-state index < -0.39 is 5.82 Å². The molecule has 0 fully saturated rings. The van der Waals surface area contributed by atoms with Crippen LogP contribution in [0.5, 0.6) is 5.88 Å². The van der Waals surface area contributed by atoms with Crippen LogP contribution < -0.4 is 15.8 Å². The number of aromatic nitrogens is 1. The van der Waals surface area contributed by atoms with Gasteiger partial charge in [0.05, 0.1) is 23.5 Å². The van der Waals surface area contributed by atoms with Crippen LogP contribution in [-0.2, 0) is 0 Å². The van der Waals surface area contributed by atoms with Crippen molar-refractivity contribution in [3.63, 3.8) is 0 Å². The molecule has 3 N–H and O–H groups in total. The molecule has 2 rings (SSSR count). The number of anilines is 3. The van der Waals surface area contributed by atoms with Crippen molar-refractivity contribution < 1.29 is 9.13 Å². The minimum atomic E-state index is -0.464. The molecule has 2 aromatic rings. The molecule has 0 aliphatic rings. The van der Waals surface area contributed by atoms with Crippen molar-refractivity contribution in [2.24, 2.45) is 0 Å². The van der Waals surface area contributed by atoms with Crippen molar-refractivity contribution in [2.45, 2.75) is 13.3 Å². The number of nitrogen functional groups attached to an aromatic ring is 1. The van der Waals surface area contributed by atoms with E-state index in [2.05, 4.69) is 10.3 Å². The summed E-state index contributed by atoms with van der Waals surface area (Å²) in [5, 5.41) is 12.0. The van der Waals surface area contributed by atoms with E-state index in [1.165, 1.54) is 12.1 Å². The van der Waals surface area contributed by atoms with Crippen LogP contribution in [0, 0.1) is 17.1 Å². The summed E-state index contributed by atoms with van der Waals surface area (Å²) < 4.78 is 18.5. The van der Waals surface area contributed by atoms with Gasteiger partial charge >= 0.3 is 0 Å². The molecule has 6 heteroatoms. The molecule has 0 aliphatic carbocycles. The first-order valence-electron chi connectivity index (χ1n) is 6.50. The highest BCUT2D eigenvalue weighted by Gasteiger charge is 2.08. The highest BCUT2D eigenvalue weighted by atomic mass is 19.1. The Labute approximate surface area is 122 Å². The Morgan fingerprint density at radius 2 is 2.19 bits per heavy atom. The normalized spacial score (nSPS) is 9.95. The van der Waals surface area contributed by atoms with Gasteiger partial charge in [0, 0.05) is 0 Å². The van der Waals surface area contributed by atoms with Gasteiger partial charge in [-0.2, -0.15) is 10.2 Å². The molecule has 1 heterocycles. The minimum Gasteiger partial charge on any atom is -0.476 e. The van der Waals surface area contributed by atoms with Crippen LogP contribution in [0.1, 0.15) is 18.9 Å². The van der Waals surface area contributed by atoms with Gasteiger partial charge in [0.25, 0.3) is 0 Å². The third-order valence-corrected chi connectivity index (χ3v) is 2.70. The summed E-state index contributed by atoms with van der Waals surface area (Å²) >= 11 is 0. The minimum absolute atomic E-state index is 0.199. The first-order valence-corrected chi connectivity index (χ1v) is 6.50. The van der Waals surface area contributed by atoms with Gasteiger partial charge in [0.15, 0.2) is 0 Å². The van der Waals surface area contributed by atoms with Crippen LogP contribution in [0.2, 0.25) is 0 Å². The van der Waals surface area contributed by atoms with Crippen molar-refractivity contribution in [3.05, 3.63) is 41.7 Å². The molecule has 0 saturated heterocycles. The quantitative estimate of drug-likeness (QED) is 0.881. The summed E-state index contributed by atoms with van der Waals surface area (Å²) in [5.74, 6) is 0.343. The number of ether oxygens (including phenoxy) is 1. The van der Waals surface area contributed by atoms with E-state index in [1.54, 1.807) is 12.1 Å². The highest BCUT2D eigenvalue weighted by Crippen LogP contribution is 2.25. The van der Waals surface area contributed by atoms with Gasteiger partial charge in [-0.05, 0) is 36.8 Å². The predicted molar refractivity (Wildman–Crippen MR) is 78.8 cm³/mol. The summed E-state index contributed by atoms with van der Waals surface area (Å²) in [6, 6.07) is 9.18. The number of rotatable bonds is 5. The molecule has 21 heavy (non-hydrogen) atoms. The average Bonchev–Trinajstić information content (AvgIpc) is 2.49. The maximum absolute atomic E-state index is 13.1. The zero-order valence-electron chi connectivity index (χ0n) is 11.6. The standard InChI is InChI=1S/C15H15FN4O/c1-2-7-21-15-12(18)4-6-14(20-15)19-13-5-3-11(16)8-10(13)9-17/h3-6,8H,2,7,18H2,1H3,(H,19,20). The van der Waals surface area contributed by atoms with E-state index in [0.717, 1.165) is 12.5 Å². The molecular formula is C15H15FN4O. The lowest BCUT2D eigenvalue weighted by Crippen LogP contribution is -2.04. The summed E-state index contributed by atoms with van der Waals surface area (Å²) in [4.78, 5) is 4.24. The fourth-order valence-corrected chi connectivity index (χ4v) is 1.69. The van der Waals surface area contributed by atoms with Crippen LogP contribution in [0.25, 0.3) is 0 Å². The Kier molecular flexibility index (Phi) is 4.57. The van der Waals surface area contributed by atoms with Crippen LogP contribution in [0.15, 0.2) is 30.3 Å². The molecule has 5 nitrogen and oxygen atoms in total. The van der Waals surface area contributed by atoms with E-state index in [1.807, 2.05) is 13.0 Å². The SMILES string of the molecule is CCCOc1nc(Nc2ccc(F)cc2C#N)ccc1N. The van der Waals surface area contributed by atoms with Crippen molar-refractivity contribution >= 4 is 17.2 Å². The molecular weight excluding hydrogens is 271 g/mol. The van der Waals surface area contributed by atoms with E-state index in [-0.39, 0.29) is 5.56 Å². The number of nitriles is 1. The summed E-state index contributed by atoms with van der Waals surface area (Å²) in [7, 11) is 0. The lowest BCUT2D eigenvalue weighted by Gasteiger charge is -2.11. The van der Waals surface area contributed by atoms with Gasteiger partial charge in [-0.25, -0.2) is 4.39 Å². The fourth-order valence-electron chi connectivity index (χ4n) is 1.69. The second-order valence-corrected chi connectivity index (χ2v) is 4.37. The number of pyridine rings is 1. The maximum Gasteiger partial charge on any atom is 0.239 e. The van der Waals surface area contributed by atoms with Gasteiger partial charge in [0.1, 0.15) is 17.7 Å². The summed E-state index contributed by atoms with van der Waals surface area (Å²) in [5.41, 5.74) is 6.89. The van der Waals surface area contributed by atoms with Crippen LogP contribution in [0.3, 0.4) is 0 Å². The number of nitrogens with two attached hydrogens (primary N) is 1. The lowest BCUT2D eigenvalue weighted by atomic mass is 10.2. The molecule has 0 unspecified atom stereocenters. The van der Waals surface area contributed by atoms with Crippen LogP contribution >= 0.6 is 0 Å². The second kappa shape index (κ2) is 6.57. The third-order valence-electron chi connectivity index (χ3n) is 2.70. The molecule has 0 atom stereocenters. The number of nitrogens with zero attached hydrogens (tertiary/aromatic N) is 2. The number of nitrogens with one attached hydrogen (secondary N) is 1. The highest BCUT2D eigenvalue weighted by molar-refractivity contribution is 5.66. The first-order chi connectivity index (χ1) is 10.1. The smallest absolute Gasteiger partial charge is 0.239 e. The van der Waals surface area contributed by atoms with Gasteiger partial charge in [-0.3, -0.25) is 0 Å². The number of hydrogen-bond donors (Lipinski definition) is 2. The monoisotopic (exact) mass is 286 g/mol. The van der Waals surface area contributed by atoms with Gasteiger partial charge in [0.2, 0.25) is 5.88 Å². The number of hydrogen-bond acceptors (Lipinski definition) is 5. The second-order valence-electron chi connectivity index (χ2n) is 4.37. The Hall–Kier alpha value is -2.81. The first kappa shape index (κ1) is 14.6. The topological polar surface area (TPSA) is 84.0 Å². The van der Waals surface area contributed by atoms with Gasteiger partial charge in [-0.15, -0.1) is 0 Å². The molecule has 0 amide bonds. The summed E-state index contributed by atoms with van der Waals surface area (Å²) in [6.07, 6.45) is 0.843. The molecule has 0 aliphatic heterocycles. The molecule has 0 bridgehead atoms. The van der Waals surface area contributed by atoms with Crippen molar-refractivity contribution in [1.82, 2.24) is 4.98 Å². The van der Waals surface area contributed by atoms with Crippen LogP contribution in [0.4, 0.5) is 21.6 Å². The Morgan fingerprint density at radius 1 is 1.38 bits per heavy atom. The summed E-state index contributed by atoms with van der Waals surface area (Å²) in [6.45, 7) is 2.50. The average molecular weight is 286 g/mol. The maximum atomic E-state index is 13.1. The largest absolute Gasteiger partial charge is 0.476 e. The Balaban J connectivity index is 2.26. The number of halogens is 1. The zero-order chi connectivity index (χ0) is 15.2. The molecule has 1 aromatic heterocycles. The van der Waals surface area contributed by atoms with Crippen molar-refractivity contribution in [1.29, 1.82) is 5.26 Å². The predicted octanol–water partition coefficient (Wildman–Crippen LogP) is 3.21. The zero-order valence-corrected chi connectivity index (χ0v) is 11.6.